The van der Waals surface area contributed by atoms with E-state index in [-0.39, 0.29) is 11.2 Å². The molecule has 7 rings (SSSR count). The van der Waals surface area contributed by atoms with Gasteiger partial charge in [-0.2, -0.15) is 0 Å². The summed E-state index contributed by atoms with van der Waals surface area (Å²) in [7, 11) is -0.408. The van der Waals surface area contributed by atoms with Gasteiger partial charge in [0.1, 0.15) is 11.2 Å². The standard InChI is InChI=1S/C30H26BNO3/c1-29(2)30(3,4)35-31(34-29)19-13-15-27-23(17-19)24-18-20(14-16-28(24)33-27)32-25-11-7-5-9-21(25)22-10-6-8-12-26(22)32/h5-18H,1-4H3. The zero-order valence-corrected chi connectivity index (χ0v) is 20.3. The highest BCUT2D eigenvalue weighted by Crippen LogP contribution is 2.38. The van der Waals surface area contributed by atoms with Crippen LogP contribution in [0.1, 0.15) is 27.7 Å². The Hall–Kier alpha value is -3.54. The Morgan fingerprint density at radius 2 is 1.14 bits per heavy atom. The Labute approximate surface area is 204 Å². The first kappa shape index (κ1) is 20.8. The van der Waals surface area contributed by atoms with Crippen LogP contribution in [0.4, 0.5) is 0 Å². The summed E-state index contributed by atoms with van der Waals surface area (Å²) in [5, 5.41) is 4.65. The number of furan rings is 1. The Kier molecular flexibility index (Phi) is 4.16. The molecule has 1 fully saturated rings. The average Bonchev–Trinajstić information content (AvgIpc) is 3.45. The van der Waals surface area contributed by atoms with E-state index in [0.29, 0.717) is 0 Å². The number of benzene rings is 4. The molecule has 0 spiro atoms. The van der Waals surface area contributed by atoms with Crippen molar-refractivity contribution in [3.05, 3.63) is 84.9 Å². The molecule has 4 aromatic carbocycles. The highest BCUT2D eigenvalue weighted by molar-refractivity contribution is 6.62. The lowest BCUT2D eigenvalue weighted by atomic mass is 9.78. The molecule has 3 heterocycles. The summed E-state index contributed by atoms with van der Waals surface area (Å²) >= 11 is 0. The maximum atomic E-state index is 6.31. The molecular formula is C30H26BNO3. The molecule has 6 aromatic rings. The average molecular weight is 459 g/mol. The summed E-state index contributed by atoms with van der Waals surface area (Å²) in [6, 6.07) is 29.8. The van der Waals surface area contributed by atoms with Crippen LogP contribution in [0, 0.1) is 0 Å². The third-order valence-corrected chi connectivity index (χ3v) is 7.84. The zero-order valence-electron chi connectivity index (χ0n) is 20.3. The highest BCUT2D eigenvalue weighted by atomic mass is 16.7. The quantitative estimate of drug-likeness (QED) is 0.262. The molecule has 0 saturated carbocycles. The van der Waals surface area contributed by atoms with Crippen molar-refractivity contribution in [3.8, 4) is 5.69 Å². The van der Waals surface area contributed by atoms with Crippen molar-refractivity contribution in [2.75, 3.05) is 0 Å². The van der Waals surface area contributed by atoms with Crippen molar-refractivity contribution in [1.82, 2.24) is 4.57 Å². The van der Waals surface area contributed by atoms with Gasteiger partial charge in [0.15, 0.2) is 0 Å². The monoisotopic (exact) mass is 459 g/mol. The second-order valence-electron chi connectivity index (χ2n) is 10.5. The van der Waals surface area contributed by atoms with Crippen LogP contribution in [0.15, 0.2) is 89.3 Å². The molecule has 0 N–H and O–H groups in total. The van der Waals surface area contributed by atoms with Gasteiger partial charge in [0, 0.05) is 27.2 Å². The number of para-hydroxylation sites is 2. The van der Waals surface area contributed by atoms with Crippen LogP contribution in [0.5, 0.6) is 0 Å². The van der Waals surface area contributed by atoms with Crippen molar-refractivity contribution in [2.24, 2.45) is 0 Å². The van der Waals surface area contributed by atoms with E-state index in [1.807, 2.05) is 12.1 Å². The van der Waals surface area contributed by atoms with Crippen molar-refractivity contribution in [3.63, 3.8) is 0 Å². The molecule has 0 aliphatic carbocycles. The van der Waals surface area contributed by atoms with E-state index in [4.69, 9.17) is 13.7 Å². The Balaban J connectivity index is 1.42. The maximum Gasteiger partial charge on any atom is 0.494 e. The molecule has 0 amide bonds. The summed E-state index contributed by atoms with van der Waals surface area (Å²) in [6.45, 7) is 8.32. The SMILES string of the molecule is CC1(C)OB(c2ccc3oc4ccc(-n5c6ccccc6c6ccccc65)cc4c3c2)OC1(C)C. The van der Waals surface area contributed by atoms with Crippen molar-refractivity contribution < 1.29 is 13.7 Å². The third-order valence-electron chi connectivity index (χ3n) is 7.84. The highest BCUT2D eigenvalue weighted by Gasteiger charge is 2.51. The van der Waals surface area contributed by atoms with Crippen LogP contribution >= 0.6 is 0 Å². The maximum absolute atomic E-state index is 6.31. The van der Waals surface area contributed by atoms with E-state index < -0.39 is 7.12 Å². The van der Waals surface area contributed by atoms with Crippen molar-refractivity contribution in [2.45, 2.75) is 38.9 Å². The summed E-state index contributed by atoms with van der Waals surface area (Å²) in [4.78, 5) is 0. The van der Waals surface area contributed by atoms with Crippen LogP contribution in [0.3, 0.4) is 0 Å². The van der Waals surface area contributed by atoms with Gasteiger partial charge in [-0.15, -0.1) is 0 Å². The lowest BCUT2D eigenvalue weighted by Gasteiger charge is -2.32. The molecule has 1 saturated heterocycles. The number of nitrogens with zero attached hydrogens (tertiary/aromatic N) is 1. The van der Waals surface area contributed by atoms with Crippen LogP contribution in [-0.4, -0.2) is 22.9 Å². The molecule has 1 aliphatic heterocycles. The molecule has 0 bridgehead atoms. The molecular weight excluding hydrogens is 433 g/mol. The fraction of sp³-hybridized carbons (Fsp3) is 0.200. The van der Waals surface area contributed by atoms with Crippen molar-refractivity contribution >= 4 is 56.3 Å². The normalized spacial score (nSPS) is 17.3. The molecule has 35 heavy (non-hydrogen) atoms. The topological polar surface area (TPSA) is 36.5 Å². The minimum Gasteiger partial charge on any atom is -0.456 e. The van der Waals surface area contributed by atoms with Crippen LogP contribution < -0.4 is 5.46 Å². The Morgan fingerprint density at radius 1 is 0.600 bits per heavy atom. The van der Waals surface area contributed by atoms with Crippen LogP contribution in [0.25, 0.3) is 49.4 Å². The van der Waals surface area contributed by atoms with E-state index >= 15 is 0 Å². The van der Waals surface area contributed by atoms with Gasteiger partial charge in [-0.05, 0) is 69.6 Å². The number of aromatic nitrogens is 1. The van der Waals surface area contributed by atoms with E-state index in [1.165, 1.54) is 21.8 Å². The van der Waals surface area contributed by atoms with Gasteiger partial charge in [-0.3, -0.25) is 0 Å². The zero-order chi connectivity index (χ0) is 23.9. The fourth-order valence-corrected chi connectivity index (χ4v) is 5.25. The van der Waals surface area contributed by atoms with E-state index in [9.17, 15) is 0 Å². The molecule has 172 valence electrons. The molecule has 0 atom stereocenters. The summed E-state index contributed by atoms with van der Waals surface area (Å²) in [5.41, 5.74) is 5.47. The van der Waals surface area contributed by atoms with Crippen LogP contribution in [-0.2, 0) is 9.31 Å². The first-order valence-electron chi connectivity index (χ1n) is 12.1. The molecule has 2 aromatic heterocycles. The van der Waals surface area contributed by atoms with Gasteiger partial charge in [0.25, 0.3) is 0 Å². The first-order valence-corrected chi connectivity index (χ1v) is 12.1. The van der Waals surface area contributed by atoms with Gasteiger partial charge in [-0.1, -0.05) is 48.5 Å². The van der Waals surface area contributed by atoms with Gasteiger partial charge in [0.05, 0.1) is 22.2 Å². The second kappa shape index (κ2) is 7.00. The van der Waals surface area contributed by atoms with E-state index in [2.05, 4.69) is 105 Å². The minimum atomic E-state index is -0.408. The number of hydrogen-bond acceptors (Lipinski definition) is 3. The smallest absolute Gasteiger partial charge is 0.456 e. The fourth-order valence-electron chi connectivity index (χ4n) is 5.25. The molecule has 5 heteroatoms. The first-order chi connectivity index (χ1) is 16.8. The lowest BCUT2D eigenvalue weighted by Crippen LogP contribution is -2.41. The van der Waals surface area contributed by atoms with E-state index in [0.717, 1.165) is 33.1 Å². The summed E-state index contributed by atoms with van der Waals surface area (Å²) < 4.78 is 21.2. The van der Waals surface area contributed by atoms with Gasteiger partial charge < -0.3 is 18.3 Å². The minimum absolute atomic E-state index is 0.380. The predicted octanol–water partition coefficient (Wildman–Crippen LogP) is 6.98. The largest absolute Gasteiger partial charge is 0.494 e. The third kappa shape index (κ3) is 2.95. The number of hydrogen-bond donors (Lipinski definition) is 0. The number of rotatable bonds is 2. The Morgan fingerprint density at radius 3 is 1.77 bits per heavy atom. The summed E-state index contributed by atoms with van der Waals surface area (Å²) in [6.07, 6.45) is 0. The predicted molar refractivity (Wildman–Crippen MR) is 144 cm³/mol. The lowest BCUT2D eigenvalue weighted by molar-refractivity contribution is 0.00578. The Bertz CT molecular complexity index is 1710. The van der Waals surface area contributed by atoms with Crippen LogP contribution in [0.2, 0.25) is 0 Å². The van der Waals surface area contributed by atoms with Crippen molar-refractivity contribution in [1.29, 1.82) is 0 Å². The van der Waals surface area contributed by atoms with Gasteiger partial charge >= 0.3 is 7.12 Å². The molecule has 0 radical (unpaired) electrons. The molecule has 4 nitrogen and oxygen atoms in total. The number of fused-ring (bicyclic) bond motifs is 6. The van der Waals surface area contributed by atoms with Gasteiger partial charge in [0.2, 0.25) is 0 Å². The molecule has 1 aliphatic rings. The van der Waals surface area contributed by atoms with Gasteiger partial charge in [-0.25, -0.2) is 0 Å². The molecule has 0 unspecified atom stereocenters. The summed E-state index contributed by atoms with van der Waals surface area (Å²) in [5.74, 6) is 0. The second-order valence-corrected chi connectivity index (χ2v) is 10.5. The van der Waals surface area contributed by atoms with E-state index in [1.54, 1.807) is 0 Å².